The second-order valence-electron chi connectivity index (χ2n) is 6.40. The van der Waals surface area contributed by atoms with E-state index in [0.29, 0.717) is 11.4 Å². The van der Waals surface area contributed by atoms with Gasteiger partial charge in [0.15, 0.2) is 0 Å². The summed E-state index contributed by atoms with van der Waals surface area (Å²) in [5.41, 5.74) is -0.0947. The zero-order valence-corrected chi connectivity index (χ0v) is 14.5. The summed E-state index contributed by atoms with van der Waals surface area (Å²) in [6, 6.07) is 6.54. The van der Waals surface area contributed by atoms with Gasteiger partial charge in [0.25, 0.3) is 0 Å². The third kappa shape index (κ3) is 4.63. The number of hydrogen-bond donors (Lipinski definition) is 0. The van der Waals surface area contributed by atoms with E-state index in [1.165, 1.54) is 12.1 Å². The Morgan fingerprint density at radius 2 is 1.58 bits per heavy atom. The quantitative estimate of drug-likeness (QED) is 0.826. The molecule has 0 bridgehead atoms. The Bertz CT molecular complexity index is 695. The molecule has 7 heteroatoms. The first kappa shape index (κ1) is 18.6. The average molecular weight is 356 g/mol. The standard InChI is InChI=1S/C17H19F3N2OS/c1-16(2,3)24(23)11-14(15-21-9-4-10-22-15)12-5-7-13(8-6-12)17(18,19)20/h4-10,14H,11H2,1-3H3/t14-,24+/m0/s1. The first-order chi connectivity index (χ1) is 11.1. The summed E-state index contributed by atoms with van der Waals surface area (Å²) in [4.78, 5) is 8.39. The lowest BCUT2D eigenvalue weighted by Gasteiger charge is -2.22. The maximum Gasteiger partial charge on any atom is 0.416 e. The van der Waals surface area contributed by atoms with E-state index in [1.807, 2.05) is 20.8 Å². The van der Waals surface area contributed by atoms with Crippen LogP contribution in [-0.4, -0.2) is 24.7 Å². The molecule has 1 heterocycles. The molecule has 1 aromatic heterocycles. The van der Waals surface area contributed by atoms with Crippen LogP contribution in [0.25, 0.3) is 0 Å². The number of halogens is 3. The van der Waals surface area contributed by atoms with Gasteiger partial charge in [0.05, 0.1) is 11.5 Å². The topological polar surface area (TPSA) is 42.9 Å². The molecule has 0 amide bonds. The van der Waals surface area contributed by atoms with Crippen LogP contribution in [0, 0.1) is 0 Å². The van der Waals surface area contributed by atoms with Crippen LogP contribution in [0.1, 0.15) is 43.6 Å². The van der Waals surface area contributed by atoms with Crippen LogP contribution in [0.2, 0.25) is 0 Å². The number of nitrogens with zero attached hydrogens (tertiary/aromatic N) is 2. The van der Waals surface area contributed by atoms with E-state index < -0.39 is 33.2 Å². The number of aromatic nitrogens is 2. The molecule has 3 nitrogen and oxygen atoms in total. The third-order valence-electron chi connectivity index (χ3n) is 3.54. The molecule has 130 valence electrons. The van der Waals surface area contributed by atoms with Crippen LogP contribution in [-0.2, 0) is 17.0 Å². The second-order valence-corrected chi connectivity index (χ2v) is 8.65. The van der Waals surface area contributed by atoms with Crippen molar-refractivity contribution in [2.75, 3.05) is 5.75 Å². The van der Waals surface area contributed by atoms with Crippen molar-refractivity contribution in [2.24, 2.45) is 0 Å². The Labute approximate surface area is 141 Å². The van der Waals surface area contributed by atoms with Gasteiger partial charge in [0.1, 0.15) is 5.82 Å². The number of alkyl halides is 3. The Kier molecular flexibility index (Phi) is 5.42. The summed E-state index contributed by atoms with van der Waals surface area (Å²) in [5.74, 6) is 0.280. The summed E-state index contributed by atoms with van der Waals surface area (Å²) in [5, 5.41) is 0. The van der Waals surface area contributed by atoms with Crippen LogP contribution in [0.4, 0.5) is 13.2 Å². The van der Waals surface area contributed by atoms with Gasteiger partial charge in [0, 0.05) is 33.7 Å². The van der Waals surface area contributed by atoms with E-state index in [-0.39, 0.29) is 5.75 Å². The molecule has 0 unspecified atom stereocenters. The molecule has 2 rings (SSSR count). The van der Waals surface area contributed by atoms with Crippen molar-refractivity contribution >= 4 is 10.8 Å². The molecular weight excluding hydrogens is 337 g/mol. The molecule has 0 N–H and O–H groups in total. The Balaban J connectivity index is 2.38. The Morgan fingerprint density at radius 1 is 1.04 bits per heavy atom. The monoisotopic (exact) mass is 356 g/mol. The molecule has 0 spiro atoms. The van der Waals surface area contributed by atoms with Gasteiger partial charge in [-0.1, -0.05) is 12.1 Å². The molecule has 0 aliphatic carbocycles. The highest BCUT2D eigenvalue weighted by Gasteiger charge is 2.31. The second kappa shape index (κ2) is 7.01. The van der Waals surface area contributed by atoms with Crippen molar-refractivity contribution in [3.63, 3.8) is 0 Å². The van der Waals surface area contributed by atoms with Crippen molar-refractivity contribution in [3.05, 3.63) is 59.7 Å². The molecule has 1 aromatic carbocycles. The van der Waals surface area contributed by atoms with Crippen LogP contribution in [0.5, 0.6) is 0 Å². The number of benzene rings is 1. The molecule has 24 heavy (non-hydrogen) atoms. The summed E-state index contributed by atoms with van der Waals surface area (Å²) in [6.45, 7) is 5.58. The summed E-state index contributed by atoms with van der Waals surface area (Å²) in [7, 11) is -1.19. The fourth-order valence-electron chi connectivity index (χ4n) is 2.12. The van der Waals surface area contributed by atoms with Gasteiger partial charge in [-0.15, -0.1) is 0 Å². The maximum absolute atomic E-state index is 12.7. The zero-order chi connectivity index (χ0) is 18.0. The minimum atomic E-state index is -4.38. The van der Waals surface area contributed by atoms with Crippen molar-refractivity contribution in [3.8, 4) is 0 Å². The molecule has 2 atom stereocenters. The summed E-state index contributed by atoms with van der Waals surface area (Å²) < 4.78 is 50.3. The van der Waals surface area contributed by atoms with Crippen molar-refractivity contribution in [2.45, 2.75) is 37.6 Å². The van der Waals surface area contributed by atoms with Crippen LogP contribution < -0.4 is 0 Å². The van der Waals surface area contributed by atoms with Gasteiger partial charge in [-0.25, -0.2) is 9.97 Å². The smallest absolute Gasteiger partial charge is 0.259 e. The van der Waals surface area contributed by atoms with Gasteiger partial charge in [-0.3, -0.25) is 4.21 Å². The SMILES string of the molecule is CC(C)(C)[S@](=O)C[C@@H](c1ccc(C(F)(F)F)cc1)c1ncccn1. The molecule has 0 saturated carbocycles. The van der Waals surface area contributed by atoms with E-state index in [0.717, 1.165) is 12.1 Å². The lowest BCUT2D eigenvalue weighted by atomic mass is 9.98. The minimum absolute atomic E-state index is 0.249. The Morgan fingerprint density at radius 3 is 2.04 bits per heavy atom. The predicted molar refractivity (Wildman–Crippen MR) is 88.1 cm³/mol. The highest BCUT2D eigenvalue weighted by molar-refractivity contribution is 7.86. The largest absolute Gasteiger partial charge is 0.416 e. The molecule has 0 radical (unpaired) electrons. The molecule has 2 aromatic rings. The van der Waals surface area contributed by atoms with Gasteiger partial charge >= 0.3 is 6.18 Å². The van der Waals surface area contributed by atoms with E-state index in [9.17, 15) is 17.4 Å². The first-order valence-electron chi connectivity index (χ1n) is 7.41. The van der Waals surface area contributed by atoms with E-state index >= 15 is 0 Å². The third-order valence-corrected chi connectivity index (χ3v) is 5.54. The molecule has 0 aliphatic rings. The van der Waals surface area contributed by atoms with Gasteiger partial charge in [0.2, 0.25) is 0 Å². The summed E-state index contributed by atoms with van der Waals surface area (Å²) in [6.07, 6.45) is -1.25. The van der Waals surface area contributed by atoms with Crippen LogP contribution >= 0.6 is 0 Å². The van der Waals surface area contributed by atoms with Gasteiger partial charge in [-0.2, -0.15) is 13.2 Å². The van der Waals surface area contributed by atoms with Crippen LogP contribution in [0.3, 0.4) is 0 Å². The molecule has 0 fully saturated rings. The zero-order valence-electron chi connectivity index (χ0n) is 13.7. The molecule has 0 aliphatic heterocycles. The summed E-state index contributed by atoms with van der Waals surface area (Å²) >= 11 is 0. The number of hydrogen-bond acceptors (Lipinski definition) is 3. The first-order valence-corrected chi connectivity index (χ1v) is 8.73. The lowest BCUT2D eigenvalue weighted by molar-refractivity contribution is -0.137. The molecule has 0 saturated heterocycles. The fraction of sp³-hybridized carbons (Fsp3) is 0.412. The fourth-order valence-corrected chi connectivity index (χ4v) is 3.26. The van der Waals surface area contributed by atoms with Crippen molar-refractivity contribution in [1.82, 2.24) is 9.97 Å². The van der Waals surface area contributed by atoms with Gasteiger partial charge < -0.3 is 0 Å². The predicted octanol–water partition coefficient (Wildman–Crippen LogP) is 4.17. The van der Waals surface area contributed by atoms with E-state index in [1.54, 1.807) is 18.5 Å². The highest BCUT2D eigenvalue weighted by atomic mass is 32.2. The van der Waals surface area contributed by atoms with E-state index in [4.69, 9.17) is 0 Å². The maximum atomic E-state index is 12.7. The molecular formula is C17H19F3N2OS. The van der Waals surface area contributed by atoms with Crippen molar-refractivity contribution in [1.29, 1.82) is 0 Å². The van der Waals surface area contributed by atoms with Gasteiger partial charge in [-0.05, 0) is 44.5 Å². The number of rotatable bonds is 4. The van der Waals surface area contributed by atoms with Crippen LogP contribution in [0.15, 0.2) is 42.7 Å². The highest BCUT2D eigenvalue weighted by Crippen LogP contribution is 2.32. The minimum Gasteiger partial charge on any atom is -0.259 e. The van der Waals surface area contributed by atoms with Crippen molar-refractivity contribution < 1.29 is 17.4 Å². The average Bonchev–Trinajstić information content (AvgIpc) is 2.51. The normalized spacial score (nSPS) is 15.1. The Hall–Kier alpha value is -1.76. The lowest BCUT2D eigenvalue weighted by Crippen LogP contribution is -2.27. The van der Waals surface area contributed by atoms with E-state index in [2.05, 4.69) is 9.97 Å².